The standard InChI is InChI=1S/C20H24N2O/c1-16-9-11-20(12-10-16)23-13-5-7-18(15-21)17-6-4-8-19(14-17)22(2)3/h4,6,8-12,14,18H,5,7,13H2,1-3H3. The van der Waals surface area contributed by atoms with Crippen molar-refractivity contribution in [3.05, 3.63) is 59.7 Å². The van der Waals surface area contributed by atoms with Crippen LogP contribution in [0.1, 0.15) is 29.9 Å². The molecule has 0 bridgehead atoms. The average molecular weight is 308 g/mol. The summed E-state index contributed by atoms with van der Waals surface area (Å²) in [5.41, 5.74) is 3.43. The highest BCUT2D eigenvalue weighted by atomic mass is 16.5. The molecule has 0 aromatic heterocycles. The highest BCUT2D eigenvalue weighted by molar-refractivity contribution is 5.48. The van der Waals surface area contributed by atoms with E-state index in [1.54, 1.807) is 0 Å². The number of hydrogen-bond donors (Lipinski definition) is 0. The van der Waals surface area contributed by atoms with Gasteiger partial charge in [-0.05, 0) is 49.6 Å². The lowest BCUT2D eigenvalue weighted by atomic mass is 9.95. The van der Waals surface area contributed by atoms with Gasteiger partial charge in [0, 0.05) is 19.8 Å². The Kier molecular flexibility index (Phi) is 6.05. The zero-order chi connectivity index (χ0) is 16.7. The molecular weight excluding hydrogens is 284 g/mol. The lowest BCUT2D eigenvalue weighted by Crippen LogP contribution is -2.09. The normalized spacial score (nSPS) is 11.6. The Bertz CT molecular complexity index is 656. The van der Waals surface area contributed by atoms with Crippen LogP contribution in [0.3, 0.4) is 0 Å². The van der Waals surface area contributed by atoms with Gasteiger partial charge in [0.25, 0.3) is 0 Å². The summed E-state index contributed by atoms with van der Waals surface area (Å²) in [7, 11) is 4.02. The number of nitrogens with zero attached hydrogens (tertiary/aromatic N) is 2. The maximum atomic E-state index is 9.45. The quantitative estimate of drug-likeness (QED) is 0.705. The Morgan fingerprint density at radius 2 is 1.87 bits per heavy atom. The van der Waals surface area contributed by atoms with Crippen LogP contribution in [0.2, 0.25) is 0 Å². The van der Waals surface area contributed by atoms with Crippen molar-refractivity contribution < 1.29 is 4.74 Å². The fourth-order valence-electron chi connectivity index (χ4n) is 2.44. The predicted octanol–water partition coefficient (Wildman–Crippen LogP) is 4.53. The topological polar surface area (TPSA) is 36.3 Å². The van der Waals surface area contributed by atoms with E-state index in [0.717, 1.165) is 29.8 Å². The van der Waals surface area contributed by atoms with Crippen molar-refractivity contribution in [2.45, 2.75) is 25.7 Å². The number of hydrogen-bond acceptors (Lipinski definition) is 3. The first kappa shape index (κ1) is 16.9. The van der Waals surface area contributed by atoms with Crippen LogP contribution in [-0.2, 0) is 0 Å². The highest BCUT2D eigenvalue weighted by Crippen LogP contribution is 2.24. The zero-order valence-electron chi connectivity index (χ0n) is 14.1. The minimum absolute atomic E-state index is 0.0866. The Hall–Kier alpha value is -2.47. The van der Waals surface area contributed by atoms with E-state index in [1.807, 2.05) is 50.5 Å². The third-order valence-corrected chi connectivity index (χ3v) is 3.87. The Morgan fingerprint density at radius 1 is 1.13 bits per heavy atom. The number of aryl methyl sites for hydroxylation is 1. The number of ether oxygens (including phenoxy) is 1. The highest BCUT2D eigenvalue weighted by Gasteiger charge is 2.11. The lowest BCUT2D eigenvalue weighted by molar-refractivity contribution is 0.305. The maximum Gasteiger partial charge on any atom is 0.119 e. The van der Waals surface area contributed by atoms with E-state index in [4.69, 9.17) is 4.74 Å². The van der Waals surface area contributed by atoms with Gasteiger partial charge in [-0.25, -0.2) is 0 Å². The molecule has 0 aliphatic heterocycles. The van der Waals surface area contributed by atoms with Crippen LogP contribution in [0.15, 0.2) is 48.5 Å². The molecule has 3 nitrogen and oxygen atoms in total. The van der Waals surface area contributed by atoms with Crippen molar-refractivity contribution in [2.24, 2.45) is 0 Å². The van der Waals surface area contributed by atoms with E-state index in [9.17, 15) is 5.26 Å². The van der Waals surface area contributed by atoms with Crippen molar-refractivity contribution >= 4 is 5.69 Å². The second kappa shape index (κ2) is 8.24. The molecule has 0 spiro atoms. The van der Waals surface area contributed by atoms with Gasteiger partial charge in [0.2, 0.25) is 0 Å². The lowest BCUT2D eigenvalue weighted by Gasteiger charge is -2.16. The SMILES string of the molecule is Cc1ccc(OCCCC(C#N)c2cccc(N(C)C)c2)cc1. The van der Waals surface area contributed by atoms with Crippen molar-refractivity contribution in [2.75, 3.05) is 25.6 Å². The fourth-order valence-corrected chi connectivity index (χ4v) is 2.44. The molecule has 1 atom stereocenters. The minimum Gasteiger partial charge on any atom is -0.494 e. The molecule has 0 aliphatic rings. The maximum absolute atomic E-state index is 9.45. The first-order valence-electron chi connectivity index (χ1n) is 7.96. The minimum atomic E-state index is -0.0866. The van der Waals surface area contributed by atoms with Crippen LogP contribution in [0.25, 0.3) is 0 Å². The fraction of sp³-hybridized carbons (Fsp3) is 0.350. The van der Waals surface area contributed by atoms with Gasteiger partial charge >= 0.3 is 0 Å². The second-order valence-electron chi connectivity index (χ2n) is 5.97. The average Bonchev–Trinajstić information content (AvgIpc) is 2.56. The number of rotatable bonds is 7. The van der Waals surface area contributed by atoms with Crippen molar-refractivity contribution in [3.8, 4) is 11.8 Å². The molecule has 3 heteroatoms. The Labute approximate surface area is 139 Å². The van der Waals surface area contributed by atoms with Crippen LogP contribution in [0.4, 0.5) is 5.69 Å². The molecule has 2 aromatic carbocycles. The van der Waals surface area contributed by atoms with Gasteiger partial charge in [0.1, 0.15) is 5.75 Å². The number of anilines is 1. The summed E-state index contributed by atoms with van der Waals surface area (Å²) in [4.78, 5) is 2.05. The predicted molar refractivity (Wildman–Crippen MR) is 95.0 cm³/mol. The summed E-state index contributed by atoms with van der Waals surface area (Å²) in [6.07, 6.45) is 1.66. The van der Waals surface area contributed by atoms with Crippen LogP contribution < -0.4 is 9.64 Å². The monoisotopic (exact) mass is 308 g/mol. The van der Waals surface area contributed by atoms with Crippen LogP contribution in [0.5, 0.6) is 5.75 Å². The van der Waals surface area contributed by atoms with Gasteiger partial charge in [0.05, 0.1) is 18.6 Å². The molecule has 0 N–H and O–H groups in total. The van der Waals surface area contributed by atoms with E-state index in [2.05, 4.69) is 30.0 Å². The molecule has 23 heavy (non-hydrogen) atoms. The Balaban J connectivity index is 1.86. The third-order valence-electron chi connectivity index (χ3n) is 3.87. The molecule has 0 aliphatic carbocycles. The molecular formula is C20H24N2O. The third kappa shape index (κ3) is 5.03. The van der Waals surface area contributed by atoms with Crippen LogP contribution in [0, 0.1) is 18.3 Å². The van der Waals surface area contributed by atoms with E-state index in [-0.39, 0.29) is 5.92 Å². The first-order chi connectivity index (χ1) is 11.1. The molecule has 0 heterocycles. The molecule has 0 amide bonds. The molecule has 2 aromatic rings. The molecule has 1 unspecified atom stereocenters. The summed E-state index contributed by atoms with van der Waals surface area (Å²) in [6, 6.07) is 18.7. The van der Waals surface area contributed by atoms with Gasteiger partial charge in [-0.3, -0.25) is 0 Å². The van der Waals surface area contributed by atoms with E-state index < -0.39 is 0 Å². The second-order valence-corrected chi connectivity index (χ2v) is 5.97. The summed E-state index contributed by atoms with van der Waals surface area (Å²) in [5, 5.41) is 9.45. The van der Waals surface area contributed by atoms with Gasteiger partial charge in [-0.1, -0.05) is 29.8 Å². The van der Waals surface area contributed by atoms with Crippen LogP contribution >= 0.6 is 0 Å². The molecule has 0 saturated carbocycles. The van der Waals surface area contributed by atoms with Crippen LogP contribution in [-0.4, -0.2) is 20.7 Å². The summed E-state index contributed by atoms with van der Waals surface area (Å²) in [6.45, 7) is 2.69. The van der Waals surface area contributed by atoms with Gasteiger partial charge in [-0.15, -0.1) is 0 Å². The number of nitriles is 1. The summed E-state index contributed by atoms with van der Waals surface area (Å²) >= 11 is 0. The van der Waals surface area contributed by atoms with E-state index in [0.29, 0.717) is 6.61 Å². The Morgan fingerprint density at radius 3 is 2.52 bits per heavy atom. The zero-order valence-corrected chi connectivity index (χ0v) is 14.1. The first-order valence-corrected chi connectivity index (χ1v) is 7.96. The molecule has 0 fully saturated rings. The van der Waals surface area contributed by atoms with E-state index >= 15 is 0 Å². The van der Waals surface area contributed by atoms with E-state index in [1.165, 1.54) is 5.56 Å². The number of benzene rings is 2. The van der Waals surface area contributed by atoms with Gasteiger partial charge in [-0.2, -0.15) is 5.26 Å². The van der Waals surface area contributed by atoms with Gasteiger partial charge in [0.15, 0.2) is 0 Å². The molecule has 0 saturated heterocycles. The van der Waals surface area contributed by atoms with Crippen molar-refractivity contribution in [3.63, 3.8) is 0 Å². The van der Waals surface area contributed by atoms with Gasteiger partial charge < -0.3 is 9.64 Å². The summed E-state index contributed by atoms with van der Waals surface area (Å²) in [5.74, 6) is 0.801. The molecule has 0 radical (unpaired) electrons. The van der Waals surface area contributed by atoms with Crippen molar-refractivity contribution in [1.29, 1.82) is 5.26 Å². The largest absolute Gasteiger partial charge is 0.494 e. The summed E-state index contributed by atoms with van der Waals surface area (Å²) < 4.78 is 5.74. The molecule has 2 rings (SSSR count). The molecule has 120 valence electrons. The smallest absolute Gasteiger partial charge is 0.119 e. The van der Waals surface area contributed by atoms with Crippen molar-refractivity contribution in [1.82, 2.24) is 0 Å².